The van der Waals surface area contributed by atoms with Gasteiger partial charge in [0.1, 0.15) is 5.82 Å². The number of hydrogen-bond acceptors (Lipinski definition) is 3. The lowest BCUT2D eigenvalue weighted by atomic mass is 10.3. The molecule has 0 saturated carbocycles. The van der Waals surface area contributed by atoms with Gasteiger partial charge in [-0.25, -0.2) is 4.98 Å². The second kappa shape index (κ2) is 4.57. The van der Waals surface area contributed by atoms with Gasteiger partial charge in [0.25, 0.3) is 0 Å². The lowest BCUT2D eigenvalue weighted by Gasteiger charge is -2.03. The Balaban J connectivity index is 1.95. The Labute approximate surface area is 92.9 Å². The number of nitrogens with one attached hydrogen (secondary N) is 2. The maximum atomic E-state index is 11.6. The van der Waals surface area contributed by atoms with Crippen molar-refractivity contribution in [3.63, 3.8) is 0 Å². The van der Waals surface area contributed by atoms with Crippen molar-refractivity contribution in [3.8, 4) is 0 Å². The van der Waals surface area contributed by atoms with E-state index in [9.17, 15) is 4.79 Å². The Hall–Kier alpha value is -2.17. The van der Waals surface area contributed by atoms with Gasteiger partial charge in [-0.1, -0.05) is 6.07 Å². The number of rotatable bonds is 3. The van der Waals surface area contributed by atoms with Crippen molar-refractivity contribution in [2.45, 2.75) is 13.3 Å². The number of aromatic nitrogens is 3. The number of aromatic amines is 1. The lowest BCUT2D eigenvalue weighted by Crippen LogP contribution is -2.15. The van der Waals surface area contributed by atoms with Crippen LogP contribution in [0.1, 0.15) is 11.3 Å². The van der Waals surface area contributed by atoms with Crippen molar-refractivity contribution in [2.24, 2.45) is 0 Å². The number of aryl methyl sites for hydroxylation is 1. The van der Waals surface area contributed by atoms with Crippen molar-refractivity contribution < 1.29 is 4.79 Å². The van der Waals surface area contributed by atoms with Gasteiger partial charge >= 0.3 is 0 Å². The molecule has 5 nitrogen and oxygen atoms in total. The molecule has 0 fully saturated rings. The normalized spacial score (nSPS) is 10.1. The molecule has 0 aromatic carbocycles. The third-order valence-corrected chi connectivity index (χ3v) is 2.09. The minimum atomic E-state index is -0.111. The van der Waals surface area contributed by atoms with Gasteiger partial charge in [0.15, 0.2) is 0 Å². The summed E-state index contributed by atoms with van der Waals surface area (Å²) >= 11 is 0. The lowest BCUT2D eigenvalue weighted by molar-refractivity contribution is -0.115. The van der Waals surface area contributed by atoms with E-state index >= 15 is 0 Å². The van der Waals surface area contributed by atoms with Crippen LogP contribution < -0.4 is 5.32 Å². The van der Waals surface area contributed by atoms with Gasteiger partial charge in [-0.05, 0) is 24.6 Å². The van der Waals surface area contributed by atoms with Gasteiger partial charge in [0.05, 0.1) is 6.42 Å². The predicted molar refractivity (Wildman–Crippen MR) is 59.9 cm³/mol. The second-order valence-electron chi connectivity index (χ2n) is 3.53. The summed E-state index contributed by atoms with van der Waals surface area (Å²) in [6, 6.07) is 5.45. The Morgan fingerprint density at radius 3 is 2.94 bits per heavy atom. The maximum absolute atomic E-state index is 11.6. The van der Waals surface area contributed by atoms with Crippen LogP contribution >= 0.6 is 0 Å². The zero-order chi connectivity index (χ0) is 11.4. The molecular formula is C11H12N4O. The zero-order valence-electron chi connectivity index (χ0n) is 8.90. The fourth-order valence-electron chi connectivity index (χ4n) is 1.28. The molecule has 0 unspecified atom stereocenters. The van der Waals surface area contributed by atoms with Crippen molar-refractivity contribution in [1.29, 1.82) is 0 Å². The molecule has 0 atom stereocenters. The Morgan fingerprint density at radius 2 is 2.31 bits per heavy atom. The van der Waals surface area contributed by atoms with E-state index in [2.05, 4.69) is 20.5 Å². The van der Waals surface area contributed by atoms with E-state index in [4.69, 9.17) is 0 Å². The summed E-state index contributed by atoms with van der Waals surface area (Å²) in [5, 5.41) is 9.21. The average Bonchev–Trinajstić information content (AvgIpc) is 2.74. The van der Waals surface area contributed by atoms with E-state index < -0.39 is 0 Å². The molecule has 1 amide bonds. The molecule has 82 valence electrons. The molecule has 0 spiro atoms. The van der Waals surface area contributed by atoms with Crippen LogP contribution in [-0.2, 0) is 11.2 Å². The second-order valence-corrected chi connectivity index (χ2v) is 3.53. The largest absolute Gasteiger partial charge is 0.310 e. The average molecular weight is 216 g/mol. The molecule has 0 aliphatic carbocycles. The Kier molecular flexibility index (Phi) is 2.95. The molecular weight excluding hydrogens is 204 g/mol. The number of amides is 1. The van der Waals surface area contributed by atoms with Crippen molar-refractivity contribution in [3.05, 3.63) is 41.9 Å². The fraction of sp³-hybridized carbons (Fsp3) is 0.182. The molecule has 0 saturated heterocycles. The number of carbonyl (C=O) groups is 1. The first-order chi connectivity index (χ1) is 7.74. The van der Waals surface area contributed by atoms with Crippen molar-refractivity contribution >= 4 is 11.7 Å². The SMILES string of the molecule is Cc1ccc(NC(=O)Cc2ccn[nH]2)nc1. The molecule has 2 aromatic heterocycles. The fourth-order valence-corrected chi connectivity index (χ4v) is 1.28. The zero-order valence-corrected chi connectivity index (χ0v) is 8.90. The number of hydrogen-bond donors (Lipinski definition) is 2. The van der Waals surface area contributed by atoms with Crippen molar-refractivity contribution in [2.75, 3.05) is 5.32 Å². The first-order valence-corrected chi connectivity index (χ1v) is 4.95. The van der Waals surface area contributed by atoms with E-state index in [-0.39, 0.29) is 12.3 Å². The van der Waals surface area contributed by atoms with Crippen molar-refractivity contribution in [1.82, 2.24) is 15.2 Å². The Bertz CT molecular complexity index is 461. The number of carbonyl (C=O) groups excluding carboxylic acids is 1. The van der Waals surface area contributed by atoms with E-state index in [1.165, 1.54) is 0 Å². The number of nitrogens with zero attached hydrogens (tertiary/aromatic N) is 2. The highest BCUT2D eigenvalue weighted by molar-refractivity contribution is 5.91. The maximum Gasteiger partial charge on any atom is 0.231 e. The quantitative estimate of drug-likeness (QED) is 0.812. The van der Waals surface area contributed by atoms with Crippen LogP contribution in [0.15, 0.2) is 30.6 Å². The van der Waals surface area contributed by atoms with Crippen LogP contribution in [0, 0.1) is 6.92 Å². The predicted octanol–water partition coefficient (Wildman–Crippen LogP) is 1.29. The third-order valence-electron chi connectivity index (χ3n) is 2.09. The number of anilines is 1. The summed E-state index contributed by atoms with van der Waals surface area (Å²) in [5.41, 5.74) is 1.84. The molecule has 0 aliphatic rings. The highest BCUT2D eigenvalue weighted by atomic mass is 16.1. The van der Waals surface area contributed by atoms with Gasteiger partial charge in [0.2, 0.25) is 5.91 Å². The van der Waals surface area contributed by atoms with Gasteiger partial charge < -0.3 is 5.32 Å². The van der Waals surface area contributed by atoms with Gasteiger partial charge in [-0.2, -0.15) is 5.10 Å². The van der Waals surface area contributed by atoms with Crippen LogP contribution in [0.25, 0.3) is 0 Å². The molecule has 0 radical (unpaired) electrons. The van der Waals surface area contributed by atoms with Crippen LogP contribution in [0.4, 0.5) is 5.82 Å². The van der Waals surface area contributed by atoms with E-state index in [0.717, 1.165) is 11.3 Å². The molecule has 2 heterocycles. The topological polar surface area (TPSA) is 70.7 Å². The first kappa shape index (κ1) is 10.4. The van der Waals surface area contributed by atoms with Crippen LogP contribution in [0.2, 0.25) is 0 Å². The molecule has 2 rings (SSSR count). The summed E-state index contributed by atoms with van der Waals surface area (Å²) in [6.45, 7) is 1.95. The molecule has 16 heavy (non-hydrogen) atoms. The standard InChI is InChI=1S/C11H12N4O/c1-8-2-3-10(12-7-8)14-11(16)6-9-4-5-13-15-9/h2-5,7H,6H2,1H3,(H,13,15)(H,12,14,16). The molecule has 2 aromatic rings. The number of pyridine rings is 1. The third kappa shape index (κ3) is 2.66. The van der Waals surface area contributed by atoms with Gasteiger partial charge in [0, 0.05) is 18.1 Å². The summed E-state index contributed by atoms with van der Waals surface area (Å²) in [7, 11) is 0. The summed E-state index contributed by atoms with van der Waals surface area (Å²) in [5.74, 6) is 0.454. The highest BCUT2D eigenvalue weighted by Crippen LogP contribution is 2.04. The minimum Gasteiger partial charge on any atom is -0.310 e. The van der Waals surface area contributed by atoms with Crippen LogP contribution in [0.5, 0.6) is 0 Å². The van der Waals surface area contributed by atoms with Gasteiger partial charge in [-0.3, -0.25) is 9.89 Å². The summed E-state index contributed by atoms with van der Waals surface area (Å²) in [6.07, 6.45) is 3.61. The minimum absolute atomic E-state index is 0.111. The molecule has 0 aliphatic heterocycles. The molecule has 2 N–H and O–H groups in total. The van der Waals surface area contributed by atoms with E-state index in [1.54, 1.807) is 24.5 Å². The smallest absolute Gasteiger partial charge is 0.231 e. The van der Waals surface area contributed by atoms with Gasteiger partial charge in [-0.15, -0.1) is 0 Å². The number of H-pyrrole nitrogens is 1. The summed E-state index contributed by atoms with van der Waals surface area (Å²) in [4.78, 5) is 15.7. The molecule has 5 heteroatoms. The van der Waals surface area contributed by atoms with E-state index in [1.807, 2.05) is 13.0 Å². The van der Waals surface area contributed by atoms with Crippen LogP contribution in [0.3, 0.4) is 0 Å². The first-order valence-electron chi connectivity index (χ1n) is 4.95. The highest BCUT2D eigenvalue weighted by Gasteiger charge is 2.05. The summed E-state index contributed by atoms with van der Waals surface area (Å²) < 4.78 is 0. The Morgan fingerprint density at radius 1 is 1.44 bits per heavy atom. The van der Waals surface area contributed by atoms with E-state index in [0.29, 0.717) is 5.82 Å². The van der Waals surface area contributed by atoms with Crippen LogP contribution in [-0.4, -0.2) is 21.1 Å². The monoisotopic (exact) mass is 216 g/mol. The molecule has 0 bridgehead atoms.